The van der Waals surface area contributed by atoms with Crippen LogP contribution in [0, 0.1) is 0 Å². The van der Waals surface area contributed by atoms with Crippen molar-refractivity contribution in [1.82, 2.24) is 0 Å². The SMILES string of the molecule is c1ccc2c(c1)NSCO2. The molecule has 0 bridgehead atoms. The first-order valence-corrected chi connectivity index (χ1v) is 4.05. The van der Waals surface area contributed by atoms with Crippen molar-refractivity contribution < 1.29 is 4.74 Å². The summed E-state index contributed by atoms with van der Waals surface area (Å²) in [5.74, 6) is 1.64. The molecular formula is C7H7NOS. The second-order valence-electron chi connectivity index (χ2n) is 2.00. The average Bonchev–Trinajstić information content (AvgIpc) is 2.05. The highest BCUT2D eigenvalue weighted by molar-refractivity contribution is 8.00. The lowest BCUT2D eigenvalue weighted by Crippen LogP contribution is -2.04. The highest BCUT2D eigenvalue weighted by atomic mass is 32.2. The van der Waals surface area contributed by atoms with E-state index in [-0.39, 0.29) is 0 Å². The molecule has 52 valence electrons. The van der Waals surface area contributed by atoms with Gasteiger partial charge in [-0.2, -0.15) is 0 Å². The summed E-state index contributed by atoms with van der Waals surface area (Å²) in [5, 5.41) is 0. The first kappa shape index (κ1) is 5.92. The number of anilines is 1. The largest absolute Gasteiger partial charge is 0.479 e. The van der Waals surface area contributed by atoms with Gasteiger partial charge in [-0.15, -0.1) is 0 Å². The summed E-state index contributed by atoms with van der Waals surface area (Å²) in [5.41, 5.74) is 1.07. The van der Waals surface area contributed by atoms with Crippen LogP contribution in [0.5, 0.6) is 5.75 Å². The molecule has 0 saturated carbocycles. The topological polar surface area (TPSA) is 21.3 Å². The van der Waals surface area contributed by atoms with E-state index in [2.05, 4.69) is 4.72 Å². The summed E-state index contributed by atoms with van der Waals surface area (Å²) in [4.78, 5) is 0. The molecule has 1 N–H and O–H groups in total. The summed E-state index contributed by atoms with van der Waals surface area (Å²) in [7, 11) is 0. The number of ether oxygens (including phenoxy) is 1. The van der Waals surface area contributed by atoms with Crippen LogP contribution in [0.25, 0.3) is 0 Å². The van der Waals surface area contributed by atoms with E-state index < -0.39 is 0 Å². The second-order valence-corrected chi connectivity index (χ2v) is 2.73. The molecule has 1 aliphatic rings. The Morgan fingerprint density at radius 1 is 1.40 bits per heavy atom. The van der Waals surface area contributed by atoms with Gasteiger partial charge in [-0.1, -0.05) is 12.1 Å². The number of hydrogen-bond donors (Lipinski definition) is 1. The maximum absolute atomic E-state index is 5.32. The standard InChI is InChI=1S/C7H7NOS/c1-2-4-7-6(3-1)8-10-5-9-7/h1-4,8H,5H2. The molecule has 0 amide bonds. The van der Waals surface area contributed by atoms with Gasteiger partial charge in [0, 0.05) is 0 Å². The Hall–Kier alpha value is -0.830. The third-order valence-corrected chi connectivity index (χ3v) is 1.94. The van der Waals surface area contributed by atoms with Crippen molar-refractivity contribution in [3.05, 3.63) is 24.3 Å². The van der Waals surface area contributed by atoms with Crippen LogP contribution >= 0.6 is 11.9 Å². The van der Waals surface area contributed by atoms with E-state index in [1.54, 1.807) is 11.9 Å². The van der Waals surface area contributed by atoms with E-state index in [0.29, 0.717) is 5.94 Å². The van der Waals surface area contributed by atoms with Crippen LogP contribution in [0.2, 0.25) is 0 Å². The van der Waals surface area contributed by atoms with Crippen LogP contribution in [0.1, 0.15) is 0 Å². The number of benzene rings is 1. The van der Waals surface area contributed by atoms with Crippen LogP contribution < -0.4 is 9.46 Å². The molecule has 1 aromatic carbocycles. The summed E-state index contributed by atoms with van der Waals surface area (Å²) < 4.78 is 8.48. The Bertz CT molecular complexity index is 214. The normalized spacial score (nSPS) is 14.8. The minimum atomic E-state index is 0.691. The minimum absolute atomic E-state index is 0.691. The number of hydrogen-bond acceptors (Lipinski definition) is 3. The molecule has 2 nitrogen and oxygen atoms in total. The fourth-order valence-corrected chi connectivity index (χ4v) is 1.45. The number of rotatable bonds is 0. The Balaban J connectivity index is 2.41. The second kappa shape index (κ2) is 2.42. The van der Waals surface area contributed by atoms with Crippen molar-refractivity contribution in [3.8, 4) is 5.75 Å². The summed E-state index contributed by atoms with van der Waals surface area (Å²) >= 11 is 1.57. The van der Waals surface area contributed by atoms with Gasteiger partial charge in [0.05, 0.1) is 5.69 Å². The third kappa shape index (κ3) is 0.926. The zero-order valence-electron chi connectivity index (χ0n) is 5.33. The van der Waals surface area contributed by atoms with Gasteiger partial charge >= 0.3 is 0 Å². The molecule has 0 saturated heterocycles. The molecule has 1 heterocycles. The molecule has 0 unspecified atom stereocenters. The number of fused-ring (bicyclic) bond motifs is 1. The lowest BCUT2D eigenvalue weighted by Gasteiger charge is -2.16. The average molecular weight is 153 g/mol. The van der Waals surface area contributed by atoms with E-state index in [1.807, 2.05) is 24.3 Å². The molecule has 0 atom stereocenters. The van der Waals surface area contributed by atoms with Gasteiger partial charge in [-0.25, -0.2) is 0 Å². The van der Waals surface area contributed by atoms with Gasteiger partial charge < -0.3 is 9.46 Å². The molecule has 0 aliphatic carbocycles. The molecule has 0 radical (unpaired) electrons. The molecule has 1 aliphatic heterocycles. The van der Waals surface area contributed by atoms with Gasteiger partial charge in [-0.05, 0) is 24.1 Å². The van der Waals surface area contributed by atoms with Crippen LogP contribution in [-0.2, 0) is 0 Å². The monoisotopic (exact) mass is 153 g/mol. The predicted molar refractivity (Wildman–Crippen MR) is 43.2 cm³/mol. The first-order chi connectivity index (χ1) is 4.97. The van der Waals surface area contributed by atoms with Crippen LogP contribution in [0.4, 0.5) is 5.69 Å². The van der Waals surface area contributed by atoms with Gasteiger partial charge in [0.25, 0.3) is 0 Å². The van der Waals surface area contributed by atoms with Crippen molar-refractivity contribution in [2.24, 2.45) is 0 Å². The van der Waals surface area contributed by atoms with Crippen LogP contribution in [0.15, 0.2) is 24.3 Å². The van der Waals surface area contributed by atoms with E-state index in [9.17, 15) is 0 Å². The van der Waals surface area contributed by atoms with E-state index >= 15 is 0 Å². The lowest BCUT2D eigenvalue weighted by molar-refractivity contribution is 0.392. The summed E-state index contributed by atoms with van der Waals surface area (Å²) in [6.07, 6.45) is 0. The molecule has 1 aromatic rings. The van der Waals surface area contributed by atoms with Gasteiger partial charge in [0.2, 0.25) is 0 Å². The van der Waals surface area contributed by atoms with E-state index in [4.69, 9.17) is 4.74 Å². The zero-order chi connectivity index (χ0) is 6.81. The van der Waals surface area contributed by atoms with Crippen LogP contribution in [-0.4, -0.2) is 5.94 Å². The number of para-hydroxylation sites is 2. The Labute approximate surface area is 63.7 Å². The van der Waals surface area contributed by atoms with E-state index in [0.717, 1.165) is 11.4 Å². The molecule has 3 heteroatoms. The lowest BCUT2D eigenvalue weighted by atomic mass is 10.3. The van der Waals surface area contributed by atoms with Crippen molar-refractivity contribution in [3.63, 3.8) is 0 Å². The molecule has 2 rings (SSSR count). The smallest absolute Gasteiger partial charge is 0.153 e. The predicted octanol–water partition coefficient (Wildman–Crippen LogP) is 2.10. The Morgan fingerprint density at radius 3 is 3.20 bits per heavy atom. The maximum atomic E-state index is 5.32. The molecular weight excluding hydrogens is 146 g/mol. The molecule has 0 fully saturated rings. The van der Waals surface area contributed by atoms with E-state index in [1.165, 1.54) is 0 Å². The number of nitrogens with one attached hydrogen (secondary N) is 1. The van der Waals surface area contributed by atoms with Crippen molar-refractivity contribution in [1.29, 1.82) is 0 Å². The van der Waals surface area contributed by atoms with Crippen molar-refractivity contribution >= 4 is 17.6 Å². The maximum Gasteiger partial charge on any atom is 0.153 e. The van der Waals surface area contributed by atoms with Crippen LogP contribution in [0.3, 0.4) is 0 Å². The first-order valence-electron chi connectivity index (χ1n) is 3.06. The quantitative estimate of drug-likeness (QED) is 0.577. The van der Waals surface area contributed by atoms with Gasteiger partial charge in [0.1, 0.15) is 5.75 Å². The van der Waals surface area contributed by atoms with Crippen molar-refractivity contribution in [2.45, 2.75) is 0 Å². The van der Waals surface area contributed by atoms with Gasteiger partial charge in [0.15, 0.2) is 5.94 Å². The Morgan fingerprint density at radius 2 is 2.30 bits per heavy atom. The molecule has 0 spiro atoms. The molecule has 0 aromatic heterocycles. The van der Waals surface area contributed by atoms with Crippen molar-refractivity contribution in [2.75, 3.05) is 10.7 Å². The zero-order valence-corrected chi connectivity index (χ0v) is 6.15. The minimum Gasteiger partial charge on any atom is -0.479 e. The third-order valence-electron chi connectivity index (χ3n) is 1.34. The fraction of sp³-hybridized carbons (Fsp3) is 0.143. The van der Waals surface area contributed by atoms with Gasteiger partial charge in [-0.3, -0.25) is 0 Å². The summed E-state index contributed by atoms with van der Waals surface area (Å²) in [6.45, 7) is 0. The highest BCUT2D eigenvalue weighted by Crippen LogP contribution is 2.30. The molecule has 10 heavy (non-hydrogen) atoms. The Kier molecular flexibility index (Phi) is 1.43. The fourth-order valence-electron chi connectivity index (χ4n) is 0.877. The summed E-state index contributed by atoms with van der Waals surface area (Å²) in [6, 6.07) is 7.92. The highest BCUT2D eigenvalue weighted by Gasteiger charge is 2.06.